The van der Waals surface area contributed by atoms with Crippen LogP contribution in [-0.4, -0.2) is 23.0 Å². The van der Waals surface area contributed by atoms with Gasteiger partial charge in [0.2, 0.25) is 0 Å². The smallest absolute Gasteiger partial charge is 0.412 e. The Labute approximate surface area is 210 Å². The number of nitrogens with one attached hydrogen (secondary N) is 1. The molecule has 0 unspecified atom stereocenters. The van der Waals surface area contributed by atoms with Gasteiger partial charge in [-0.25, -0.2) is 9.18 Å². The molecular formula is C26H23BrClFN2O3. The van der Waals surface area contributed by atoms with Crippen LogP contribution in [0.1, 0.15) is 47.2 Å². The van der Waals surface area contributed by atoms with E-state index >= 15 is 0 Å². The van der Waals surface area contributed by atoms with E-state index in [0.29, 0.717) is 33.8 Å². The lowest BCUT2D eigenvalue weighted by Crippen LogP contribution is -2.38. The molecule has 5 nitrogen and oxygen atoms in total. The minimum atomic E-state index is -0.998. The minimum Gasteiger partial charge on any atom is -0.465 e. The van der Waals surface area contributed by atoms with Gasteiger partial charge >= 0.3 is 6.09 Å². The normalized spacial score (nSPS) is 13.6. The Balaban J connectivity index is 1.64. The van der Waals surface area contributed by atoms with Crippen LogP contribution in [0.25, 0.3) is 0 Å². The fourth-order valence-electron chi connectivity index (χ4n) is 4.39. The second-order valence-corrected chi connectivity index (χ2v) is 9.68. The molecule has 0 bridgehead atoms. The first-order valence-electron chi connectivity index (χ1n) is 10.9. The molecule has 0 aliphatic heterocycles. The Morgan fingerprint density at radius 1 is 1.06 bits per heavy atom. The Hall–Kier alpha value is -2.90. The molecule has 0 aromatic heterocycles. The molecule has 1 saturated carbocycles. The molecule has 0 radical (unpaired) electrons. The molecule has 1 aliphatic rings. The van der Waals surface area contributed by atoms with Crippen molar-refractivity contribution in [1.29, 1.82) is 0 Å². The van der Waals surface area contributed by atoms with Crippen LogP contribution in [0.5, 0.6) is 0 Å². The summed E-state index contributed by atoms with van der Waals surface area (Å²) >= 11 is 9.91. The number of halogens is 3. The maximum Gasteiger partial charge on any atom is 0.412 e. The van der Waals surface area contributed by atoms with Gasteiger partial charge in [0.25, 0.3) is 0 Å². The topological polar surface area (TPSA) is 69.6 Å². The van der Waals surface area contributed by atoms with E-state index in [2.05, 4.69) is 21.2 Å². The highest BCUT2D eigenvalue weighted by Crippen LogP contribution is 2.37. The number of anilines is 3. The number of hydrogen-bond donors (Lipinski definition) is 2. The Morgan fingerprint density at radius 2 is 1.76 bits per heavy atom. The molecule has 1 fully saturated rings. The molecule has 0 saturated heterocycles. The fourth-order valence-corrected chi connectivity index (χ4v) is 5.00. The summed E-state index contributed by atoms with van der Waals surface area (Å²) in [7, 11) is 0. The Bertz CT molecular complexity index is 1260. The van der Waals surface area contributed by atoms with Crippen LogP contribution in [0.15, 0.2) is 59.1 Å². The summed E-state index contributed by atoms with van der Waals surface area (Å²) in [5.74, 6) is -0.699. The van der Waals surface area contributed by atoms with Crippen LogP contribution < -0.4 is 10.2 Å². The predicted molar refractivity (Wildman–Crippen MR) is 136 cm³/mol. The number of ketones is 1. The first-order valence-corrected chi connectivity index (χ1v) is 12.1. The van der Waals surface area contributed by atoms with E-state index < -0.39 is 11.9 Å². The lowest BCUT2D eigenvalue weighted by Gasteiger charge is -2.28. The zero-order chi connectivity index (χ0) is 24.4. The van der Waals surface area contributed by atoms with E-state index in [4.69, 9.17) is 11.6 Å². The van der Waals surface area contributed by atoms with Crippen LogP contribution >= 0.6 is 27.5 Å². The number of carbonyl (C=O) groups excluding carboxylic acids is 1. The Kier molecular flexibility index (Phi) is 7.24. The van der Waals surface area contributed by atoms with Gasteiger partial charge in [-0.3, -0.25) is 9.69 Å². The number of amides is 1. The number of benzene rings is 3. The van der Waals surface area contributed by atoms with Gasteiger partial charge < -0.3 is 10.4 Å². The SMILES string of the molecule is Cc1cc(F)ccc1C(=O)c1ccc(Nc2ccc(Br)cc2N(C(=O)O)C2CCCC2)cc1Cl. The quantitative estimate of drug-likeness (QED) is 0.308. The summed E-state index contributed by atoms with van der Waals surface area (Å²) < 4.78 is 14.2. The number of nitrogens with zero attached hydrogens (tertiary/aromatic N) is 1. The van der Waals surface area contributed by atoms with E-state index in [1.54, 1.807) is 37.3 Å². The van der Waals surface area contributed by atoms with Crippen LogP contribution in [0.2, 0.25) is 5.02 Å². The van der Waals surface area contributed by atoms with Gasteiger partial charge in [0, 0.05) is 27.3 Å². The summed E-state index contributed by atoms with van der Waals surface area (Å²) in [5.41, 5.74) is 2.99. The molecule has 4 rings (SSSR count). The van der Waals surface area contributed by atoms with Gasteiger partial charge in [-0.1, -0.05) is 40.4 Å². The van der Waals surface area contributed by atoms with Crippen molar-refractivity contribution in [2.45, 2.75) is 38.6 Å². The lowest BCUT2D eigenvalue weighted by molar-refractivity contribution is 0.103. The predicted octanol–water partition coefficient (Wildman–Crippen LogP) is 7.95. The van der Waals surface area contributed by atoms with Gasteiger partial charge in [-0.2, -0.15) is 0 Å². The minimum absolute atomic E-state index is 0.0742. The van der Waals surface area contributed by atoms with E-state index in [0.717, 1.165) is 30.2 Å². The zero-order valence-electron chi connectivity index (χ0n) is 18.4. The van der Waals surface area contributed by atoms with Crippen molar-refractivity contribution in [3.63, 3.8) is 0 Å². The maximum absolute atomic E-state index is 13.4. The molecule has 0 heterocycles. The van der Waals surface area contributed by atoms with Crippen molar-refractivity contribution in [2.24, 2.45) is 0 Å². The highest BCUT2D eigenvalue weighted by molar-refractivity contribution is 9.10. The number of rotatable bonds is 6. The molecule has 3 aromatic rings. The second-order valence-electron chi connectivity index (χ2n) is 8.36. The lowest BCUT2D eigenvalue weighted by atomic mass is 9.98. The van der Waals surface area contributed by atoms with Crippen LogP contribution in [0.4, 0.5) is 26.2 Å². The van der Waals surface area contributed by atoms with Gasteiger partial charge in [-0.05, 0) is 79.9 Å². The van der Waals surface area contributed by atoms with Crippen molar-refractivity contribution >= 4 is 56.5 Å². The average molecular weight is 546 g/mol. The van der Waals surface area contributed by atoms with E-state index in [-0.39, 0.29) is 16.8 Å². The van der Waals surface area contributed by atoms with Crippen molar-refractivity contribution in [2.75, 3.05) is 10.2 Å². The molecule has 1 aliphatic carbocycles. The first-order chi connectivity index (χ1) is 16.2. The van der Waals surface area contributed by atoms with Gasteiger partial charge in [0.1, 0.15) is 5.82 Å². The standard InChI is InChI=1S/C26H23BrClFN2O3/c1-15-12-17(29)7-9-20(15)25(32)21-10-8-18(14-22(21)28)30-23-11-6-16(27)13-24(23)31(26(33)34)19-4-2-3-5-19/h6-14,19,30H,2-5H2,1H3,(H,33,34). The van der Waals surface area contributed by atoms with Gasteiger partial charge in [0.15, 0.2) is 5.78 Å². The van der Waals surface area contributed by atoms with E-state index in [1.165, 1.54) is 23.1 Å². The molecule has 34 heavy (non-hydrogen) atoms. The fraction of sp³-hybridized carbons (Fsp3) is 0.231. The highest BCUT2D eigenvalue weighted by atomic mass is 79.9. The van der Waals surface area contributed by atoms with Gasteiger partial charge in [0.05, 0.1) is 16.4 Å². The molecule has 1 amide bonds. The molecule has 3 aromatic carbocycles. The summed E-state index contributed by atoms with van der Waals surface area (Å²) in [4.78, 5) is 26.6. The molecule has 8 heteroatoms. The molecular weight excluding hydrogens is 523 g/mol. The molecule has 0 spiro atoms. The summed E-state index contributed by atoms with van der Waals surface area (Å²) in [6, 6.07) is 14.3. The first kappa shape index (κ1) is 24.2. The third kappa shape index (κ3) is 5.10. The molecule has 2 N–H and O–H groups in total. The number of hydrogen-bond acceptors (Lipinski definition) is 3. The molecule has 176 valence electrons. The van der Waals surface area contributed by atoms with Crippen molar-refractivity contribution in [3.05, 3.63) is 86.6 Å². The van der Waals surface area contributed by atoms with Crippen LogP contribution in [0, 0.1) is 12.7 Å². The summed E-state index contributed by atoms with van der Waals surface area (Å²) in [6.07, 6.45) is 2.66. The van der Waals surface area contributed by atoms with Crippen LogP contribution in [-0.2, 0) is 0 Å². The highest BCUT2D eigenvalue weighted by Gasteiger charge is 2.29. The maximum atomic E-state index is 13.4. The summed E-state index contributed by atoms with van der Waals surface area (Å²) in [6.45, 7) is 1.67. The van der Waals surface area contributed by atoms with Crippen molar-refractivity contribution in [1.82, 2.24) is 0 Å². The number of aryl methyl sites for hydroxylation is 1. The van der Waals surface area contributed by atoms with Crippen LogP contribution in [0.3, 0.4) is 0 Å². The van der Waals surface area contributed by atoms with E-state index in [9.17, 15) is 19.1 Å². The average Bonchev–Trinajstić information content (AvgIpc) is 3.29. The van der Waals surface area contributed by atoms with Gasteiger partial charge in [-0.15, -0.1) is 0 Å². The van der Waals surface area contributed by atoms with E-state index in [1.807, 2.05) is 6.07 Å². The largest absolute Gasteiger partial charge is 0.465 e. The third-order valence-electron chi connectivity index (χ3n) is 6.04. The van der Waals surface area contributed by atoms with Crippen molar-refractivity contribution < 1.29 is 19.1 Å². The van der Waals surface area contributed by atoms with Crippen molar-refractivity contribution in [3.8, 4) is 0 Å². The Morgan fingerprint density at radius 3 is 2.41 bits per heavy atom. The second kappa shape index (κ2) is 10.2. The third-order valence-corrected chi connectivity index (χ3v) is 6.85. The monoisotopic (exact) mass is 544 g/mol. The number of carbonyl (C=O) groups is 2. The zero-order valence-corrected chi connectivity index (χ0v) is 20.8. The molecule has 0 atom stereocenters. The number of carboxylic acid groups (broad SMARTS) is 1. The summed E-state index contributed by atoms with van der Waals surface area (Å²) in [5, 5.41) is 13.5.